The van der Waals surface area contributed by atoms with Gasteiger partial charge in [-0.05, 0) is 51.5 Å². The molecule has 1 unspecified atom stereocenters. The zero-order chi connectivity index (χ0) is 16.1. The molecule has 22 heavy (non-hydrogen) atoms. The first kappa shape index (κ1) is 15.9. The van der Waals surface area contributed by atoms with Crippen molar-refractivity contribution in [3.63, 3.8) is 0 Å². The van der Waals surface area contributed by atoms with Gasteiger partial charge >= 0.3 is 0 Å². The third kappa shape index (κ3) is 4.28. The molecule has 0 spiro atoms. The first-order valence-electron chi connectivity index (χ1n) is 7.48. The molecule has 5 heteroatoms. The average Bonchev–Trinajstić information content (AvgIpc) is 2.46. The minimum atomic E-state index is -0.0701. The van der Waals surface area contributed by atoms with Gasteiger partial charge in [0.15, 0.2) is 0 Å². The lowest BCUT2D eigenvalue weighted by Gasteiger charge is -2.12. The molecule has 116 valence electrons. The van der Waals surface area contributed by atoms with Crippen LogP contribution in [0.4, 0.5) is 11.6 Å². The summed E-state index contributed by atoms with van der Waals surface area (Å²) in [7, 11) is 0. The molecule has 0 fully saturated rings. The molecule has 0 saturated carbocycles. The van der Waals surface area contributed by atoms with Crippen LogP contribution in [0.1, 0.15) is 42.0 Å². The van der Waals surface area contributed by atoms with E-state index in [0.29, 0.717) is 11.5 Å². The summed E-state index contributed by atoms with van der Waals surface area (Å²) in [5.74, 6) is 0.469. The Morgan fingerprint density at radius 3 is 2.50 bits per heavy atom. The quantitative estimate of drug-likeness (QED) is 0.888. The van der Waals surface area contributed by atoms with E-state index in [4.69, 9.17) is 0 Å². The summed E-state index contributed by atoms with van der Waals surface area (Å²) in [5.41, 5.74) is 3.22. The van der Waals surface area contributed by atoms with Crippen LogP contribution in [0.25, 0.3) is 0 Å². The summed E-state index contributed by atoms with van der Waals surface area (Å²) in [6, 6.07) is 9.41. The molecule has 2 rings (SSSR count). The number of rotatable bonds is 5. The third-order valence-electron chi connectivity index (χ3n) is 3.35. The van der Waals surface area contributed by atoms with E-state index in [1.165, 1.54) is 0 Å². The van der Waals surface area contributed by atoms with Gasteiger partial charge in [-0.1, -0.05) is 13.0 Å². The number of hydrogen-bond donors (Lipinski definition) is 2. The van der Waals surface area contributed by atoms with E-state index in [1.54, 1.807) is 12.1 Å². The predicted molar refractivity (Wildman–Crippen MR) is 88.4 cm³/mol. The zero-order valence-electron chi connectivity index (χ0n) is 13.5. The van der Waals surface area contributed by atoms with Crippen molar-refractivity contribution in [2.45, 2.75) is 40.2 Å². The van der Waals surface area contributed by atoms with Crippen LogP contribution in [0.15, 0.2) is 30.3 Å². The molecule has 0 aliphatic carbocycles. The highest BCUT2D eigenvalue weighted by Gasteiger charge is 2.09. The van der Waals surface area contributed by atoms with Crippen LogP contribution in [0.5, 0.6) is 0 Å². The maximum Gasteiger partial charge on any atom is 0.251 e. The van der Waals surface area contributed by atoms with Crippen molar-refractivity contribution in [3.8, 4) is 0 Å². The molecule has 1 aromatic heterocycles. The van der Waals surface area contributed by atoms with Gasteiger partial charge in [0.05, 0.1) is 0 Å². The summed E-state index contributed by atoms with van der Waals surface area (Å²) in [4.78, 5) is 20.8. The number of nitrogens with one attached hydrogen (secondary N) is 2. The van der Waals surface area contributed by atoms with Crippen molar-refractivity contribution < 1.29 is 4.79 Å². The van der Waals surface area contributed by atoms with Crippen molar-refractivity contribution in [1.82, 2.24) is 15.3 Å². The smallest absolute Gasteiger partial charge is 0.251 e. The standard InChI is InChI=1S/C17H22N4O/c1-5-11(2)18-16(22)14-7-6-8-15(10-14)21-17-19-12(3)9-13(4)20-17/h6-11H,5H2,1-4H3,(H,18,22)(H,19,20,21). The maximum absolute atomic E-state index is 12.2. The molecular formula is C17H22N4O. The second-order valence-electron chi connectivity index (χ2n) is 5.46. The van der Waals surface area contributed by atoms with E-state index in [2.05, 4.69) is 20.6 Å². The normalized spacial score (nSPS) is 11.8. The summed E-state index contributed by atoms with van der Waals surface area (Å²) in [5, 5.41) is 6.10. The van der Waals surface area contributed by atoms with Gasteiger partial charge in [-0.3, -0.25) is 4.79 Å². The third-order valence-corrected chi connectivity index (χ3v) is 3.35. The van der Waals surface area contributed by atoms with Crippen molar-refractivity contribution in [1.29, 1.82) is 0 Å². The van der Waals surface area contributed by atoms with Gasteiger partial charge in [-0.15, -0.1) is 0 Å². The van der Waals surface area contributed by atoms with Gasteiger partial charge in [0, 0.05) is 28.7 Å². The minimum Gasteiger partial charge on any atom is -0.350 e. The molecule has 1 aromatic carbocycles. The molecule has 2 aromatic rings. The largest absolute Gasteiger partial charge is 0.350 e. The van der Waals surface area contributed by atoms with Crippen molar-refractivity contribution in [3.05, 3.63) is 47.3 Å². The Labute approximate surface area is 131 Å². The van der Waals surface area contributed by atoms with Gasteiger partial charge in [-0.25, -0.2) is 9.97 Å². The average molecular weight is 298 g/mol. The fourth-order valence-corrected chi connectivity index (χ4v) is 2.06. The SMILES string of the molecule is CCC(C)NC(=O)c1cccc(Nc2nc(C)cc(C)n2)c1. The predicted octanol–water partition coefficient (Wildman–Crippen LogP) is 3.37. The summed E-state index contributed by atoms with van der Waals surface area (Å²) in [6.45, 7) is 7.88. The van der Waals surface area contributed by atoms with Gasteiger partial charge in [0.2, 0.25) is 5.95 Å². The van der Waals surface area contributed by atoms with Gasteiger partial charge in [-0.2, -0.15) is 0 Å². The molecule has 1 heterocycles. The van der Waals surface area contributed by atoms with E-state index in [0.717, 1.165) is 23.5 Å². The number of aryl methyl sites for hydroxylation is 2. The van der Waals surface area contributed by atoms with E-state index in [-0.39, 0.29) is 11.9 Å². The van der Waals surface area contributed by atoms with Gasteiger partial charge in [0.1, 0.15) is 0 Å². The summed E-state index contributed by atoms with van der Waals surface area (Å²) >= 11 is 0. The van der Waals surface area contributed by atoms with Crippen molar-refractivity contribution in [2.24, 2.45) is 0 Å². The fraction of sp³-hybridized carbons (Fsp3) is 0.353. The second kappa shape index (κ2) is 7.02. The molecule has 5 nitrogen and oxygen atoms in total. The highest BCUT2D eigenvalue weighted by molar-refractivity contribution is 5.95. The van der Waals surface area contributed by atoms with Crippen molar-refractivity contribution in [2.75, 3.05) is 5.32 Å². The molecule has 1 amide bonds. The monoisotopic (exact) mass is 298 g/mol. The Balaban J connectivity index is 2.16. The Kier molecular flexibility index (Phi) is 5.09. The van der Waals surface area contributed by atoms with Crippen LogP contribution in [-0.2, 0) is 0 Å². The topological polar surface area (TPSA) is 66.9 Å². The molecule has 0 bridgehead atoms. The number of amides is 1. The van der Waals surface area contributed by atoms with E-state index < -0.39 is 0 Å². The highest BCUT2D eigenvalue weighted by Crippen LogP contribution is 2.16. The second-order valence-corrected chi connectivity index (χ2v) is 5.46. The highest BCUT2D eigenvalue weighted by atomic mass is 16.1. The van der Waals surface area contributed by atoms with Crippen LogP contribution in [0.2, 0.25) is 0 Å². The first-order valence-corrected chi connectivity index (χ1v) is 7.48. The molecule has 0 aliphatic heterocycles. The Hall–Kier alpha value is -2.43. The van der Waals surface area contributed by atoms with Gasteiger partial charge < -0.3 is 10.6 Å². The lowest BCUT2D eigenvalue weighted by molar-refractivity contribution is 0.0939. The lowest BCUT2D eigenvalue weighted by atomic mass is 10.1. The fourth-order valence-electron chi connectivity index (χ4n) is 2.06. The van der Waals surface area contributed by atoms with Crippen LogP contribution < -0.4 is 10.6 Å². The first-order chi connectivity index (χ1) is 10.5. The molecule has 0 saturated heterocycles. The number of aromatic nitrogens is 2. The van der Waals surface area contributed by atoms with Crippen LogP contribution in [0, 0.1) is 13.8 Å². The van der Waals surface area contributed by atoms with E-state index >= 15 is 0 Å². The Morgan fingerprint density at radius 2 is 1.86 bits per heavy atom. The number of anilines is 2. The van der Waals surface area contributed by atoms with Gasteiger partial charge in [0.25, 0.3) is 5.91 Å². The molecule has 0 aliphatic rings. The van der Waals surface area contributed by atoms with Crippen LogP contribution in [-0.4, -0.2) is 21.9 Å². The number of nitrogens with zero attached hydrogens (tertiary/aromatic N) is 2. The molecular weight excluding hydrogens is 276 g/mol. The molecule has 0 radical (unpaired) electrons. The van der Waals surface area contributed by atoms with Crippen LogP contribution >= 0.6 is 0 Å². The number of benzene rings is 1. The zero-order valence-corrected chi connectivity index (χ0v) is 13.5. The molecule has 1 atom stereocenters. The number of hydrogen-bond acceptors (Lipinski definition) is 4. The van der Waals surface area contributed by atoms with E-state index in [9.17, 15) is 4.79 Å². The summed E-state index contributed by atoms with van der Waals surface area (Å²) in [6.07, 6.45) is 0.903. The molecule has 2 N–H and O–H groups in total. The maximum atomic E-state index is 12.2. The Bertz CT molecular complexity index is 649. The number of carbonyl (C=O) groups excluding carboxylic acids is 1. The Morgan fingerprint density at radius 1 is 1.18 bits per heavy atom. The lowest BCUT2D eigenvalue weighted by Crippen LogP contribution is -2.31. The minimum absolute atomic E-state index is 0.0701. The van der Waals surface area contributed by atoms with Crippen molar-refractivity contribution >= 4 is 17.5 Å². The summed E-state index contributed by atoms with van der Waals surface area (Å²) < 4.78 is 0. The van der Waals surface area contributed by atoms with Crippen LogP contribution in [0.3, 0.4) is 0 Å². The van der Waals surface area contributed by atoms with E-state index in [1.807, 2.05) is 45.9 Å². The number of carbonyl (C=O) groups is 1.